The first-order chi connectivity index (χ1) is 10.8. The Morgan fingerprint density at radius 2 is 1.71 bits per heavy atom. The van der Waals surface area contributed by atoms with Crippen LogP contribution in [0.25, 0.3) is 0 Å². The highest BCUT2D eigenvalue weighted by Gasteiger charge is 2.52. The van der Waals surface area contributed by atoms with Gasteiger partial charge < -0.3 is 9.47 Å². The fourth-order valence-corrected chi connectivity index (χ4v) is 2.25. The molecule has 134 valence electrons. The van der Waals surface area contributed by atoms with Gasteiger partial charge in [0.15, 0.2) is 5.78 Å². The normalized spacial score (nSPS) is 21.0. The monoisotopic (exact) mass is 339 g/mol. The highest BCUT2D eigenvalue weighted by molar-refractivity contribution is 5.96. The lowest BCUT2D eigenvalue weighted by Crippen LogP contribution is -2.62. The molecule has 0 heterocycles. The van der Waals surface area contributed by atoms with E-state index < -0.39 is 34.7 Å². The Morgan fingerprint density at radius 1 is 1.17 bits per heavy atom. The van der Waals surface area contributed by atoms with Gasteiger partial charge in [-0.2, -0.15) is 10.3 Å². The van der Waals surface area contributed by atoms with Crippen LogP contribution in [-0.4, -0.2) is 39.7 Å². The Labute approximate surface area is 142 Å². The Balaban J connectivity index is 3.13. The van der Waals surface area contributed by atoms with Gasteiger partial charge in [-0.25, -0.2) is 15.0 Å². The predicted molar refractivity (Wildman–Crippen MR) is 84.6 cm³/mol. The molecule has 8 heteroatoms. The van der Waals surface area contributed by atoms with Crippen molar-refractivity contribution in [2.75, 3.05) is 0 Å². The lowest BCUT2D eigenvalue weighted by Gasteiger charge is -2.35. The summed E-state index contributed by atoms with van der Waals surface area (Å²) in [7, 11) is 0. The summed E-state index contributed by atoms with van der Waals surface area (Å²) in [5, 5.41) is 10.2. The predicted octanol–water partition coefficient (Wildman–Crippen LogP) is 2.68. The van der Waals surface area contributed by atoms with Crippen LogP contribution in [0.2, 0.25) is 0 Å². The maximum absolute atomic E-state index is 12.5. The Kier molecular flexibility index (Phi) is 5.49. The second-order valence-corrected chi connectivity index (χ2v) is 7.68. The van der Waals surface area contributed by atoms with Crippen LogP contribution in [-0.2, 0) is 14.3 Å². The zero-order chi connectivity index (χ0) is 18.8. The molecule has 1 rings (SSSR count). The second kappa shape index (κ2) is 6.67. The molecule has 1 N–H and O–H groups in total. The molecule has 0 radical (unpaired) electrons. The Bertz CT molecular complexity index is 568. The van der Waals surface area contributed by atoms with E-state index in [4.69, 9.17) is 9.47 Å². The molecule has 0 aromatic rings. The summed E-state index contributed by atoms with van der Waals surface area (Å²) in [6, 6.07) is 1.87. The summed E-state index contributed by atoms with van der Waals surface area (Å²) in [6.07, 6.45) is -1.20. The number of ether oxygens (including phenoxy) is 2. The van der Waals surface area contributed by atoms with Crippen molar-refractivity contribution in [2.45, 2.75) is 77.5 Å². The number of rotatable bonds is 1. The van der Waals surface area contributed by atoms with E-state index in [0.29, 0.717) is 11.4 Å². The summed E-state index contributed by atoms with van der Waals surface area (Å²) in [6.45, 7) is 9.91. The van der Waals surface area contributed by atoms with Crippen LogP contribution in [0.4, 0.5) is 9.59 Å². The van der Waals surface area contributed by atoms with E-state index in [1.807, 2.05) is 6.07 Å². The summed E-state index contributed by atoms with van der Waals surface area (Å²) < 4.78 is 10.3. The van der Waals surface area contributed by atoms with Gasteiger partial charge in [-0.3, -0.25) is 4.79 Å². The number of nitrogens with zero attached hydrogens (tertiary/aromatic N) is 2. The van der Waals surface area contributed by atoms with E-state index >= 15 is 0 Å². The van der Waals surface area contributed by atoms with Crippen molar-refractivity contribution in [3.63, 3.8) is 0 Å². The van der Waals surface area contributed by atoms with Crippen molar-refractivity contribution in [3.8, 4) is 6.07 Å². The lowest BCUT2D eigenvalue weighted by atomic mass is 9.98. The zero-order valence-corrected chi connectivity index (χ0v) is 15.1. The third-order valence-corrected chi connectivity index (χ3v) is 3.15. The summed E-state index contributed by atoms with van der Waals surface area (Å²) in [4.78, 5) is 36.8. The SMILES string of the molecule is CC(C)(C)OC(=O)NN(C(=O)OC(C)(C)C)[C@]1(C#N)CCCC1=O. The molecule has 0 bridgehead atoms. The first-order valence-electron chi connectivity index (χ1n) is 7.78. The van der Waals surface area contributed by atoms with E-state index in [1.54, 1.807) is 41.5 Å². The van der Waals surface area contributed by atoms with Gasteiger partial charge in [0.05, 0.1) is 0 Å². The molecule has 0 spiro atoms. The molecule has 8 nitrogen and oxygen atoms in total. The van der Waals surface area contributed by atoms with Crippen LogP contribution in [0.3, 0.4) is 0 Å². The lowest BCUT2D eigenvalue weighted by molar-refractivity contribution is -0.126. The highest BCUT2D eigenvalue weighted by atomic mass is 16.6. The van der Waals surface area contributed by atoms with Crippen LogP contribution in [0, 0.1) is 11.3 Å². The molecule has 24 heavy (non-hydrogen) atoms. The van der Waals surface area contributed by atoms with Crippen LogP contribution >= 0.6 is 0 Å². The van der Waals surface area contributed by atoms with Crippen LogP contribution < -0.4 is 5.43 Å². The van der Waals surface area contributed by atoms with Crippen LogP contribution in [0.5, 0.6) is 0 Å². The number of amides is 2. The smallest absolute Gasteiger partial charge is 0.431 e. The number of nitriles is 1. The third-order valence-electron chi connectivity index (χ3n) is 3.15. The third kappa shape index (κ3) is 4.85. The number of hydrogen-bond acceptors (Lipinski definition) is 6. The van der Waals surface area contributed by atoms with E-state index in [-0.39, 0.29) is 12.8 Å². The van der Waals surface area contributed by atoms with Gasteiger partial charge in [-0.1, -0.05) is 0 Å². The van der Waals surface area contributed by atoms with Crippen LogP contribution in [0.15, 0.2) is 0 Å². The fourth-order valence-electron chi connectivity index (χ4n) is 2.25. The van der Waals surface area contributed by atoms with Crippen molar-refractivity contribution in [1.29, 1.82) is 5.26 Å². The minimum atomic E-state index is -1.78. The van der Waals surface area contributed by atoms with Crippen molar-refractivity contribution in [2.24, 2.45) is 0 Å². The molecule has 1 saturated carbocycles. The maximum Gasteiger partial charge on any atom is 0.431 e. The maximum atomic E-state index is 12.5. The van der Waals surface area contributed by atoms with Crippen molar-refractivity contribution in [1.82, 2.24) is 10.4 Å². The molecule has 1 aliphatic carbocycles. The van der Waals surface area contributed by atoms with Crippen LogP contribution in [0.1, 0.15) is 60.8 Å². The van der Waals surface area contributed by atoms with E-state index in [0.717, 1.165) is 0 Å². The fraction of sp³-hybridized carbons (Fsp3) is 0.750. The molecule has 0 unspecified atom stereocenters. The van der Waals surface area contributed by atoms with Crippen molar-refractivity contribution >= 4 is 18.0 Å². The number of ketones is 1. The minimum Gasteiger partial charge on any atom is -0.443 e. The zero-order valence-electron chi connectivity index (χ0n) is 15.1. The van der Waals surface area contributed by atoms with Gasteiger partial charge in [-0.15, -0.1) is 0 Å². The molecule has 0 aromatic carbocycles. The van der Waals surface area contributed by atoms with E-state index in [9.17, 15) is 19.6 Å². The molecular formula is C16H25N3O5. The average Bonchev–Trinajstić information content (AvgIpc) is 2.73. The summed E-state index contributed by atoms with van der Waals surface area (Å²) >= 11 is 0. The van der Waals surface area contributed by atoms with Crippen molar-refractivity contribution in [3.05, 3.63) is 0 Å². The van der Waals surface area contributed by atoms with Gasteiger partial charge >= 0.3 is 12.2 Å². The summed E-state index contributed by atoms with van der Waals surface area (Å²) in [5.74, 6) is -0.438. The number of carbonyl (C=O) groups is 3. The number of nitrogens with one attached hydrogen (secondary N) is 1. The summed E-state index contributed by atoms with van der Waals surface area (Å²) in [5.41, 5.74) is -1.22. The van der Waals surface area contributed by atoms with E-state index in [2.05, 4.69) is 5.43 Å². The Hall–Kier alpha value is -2.30. The average molecular weight is 339 g/mol. The number of hydrogen-bond donors (Lipinski definition) is 1. The minimum absolute atomic E-state index is 0.122. The highest BCUT2D eigenvalue weighted by Crippen LogP contribution is 2.32. The Morgan fingerprint density at radius 3 is 2.08 bits per heavy atom. The number of Topliss-reactive ketones (excluding diaryl/α,β-unsaturated/α-hetero) is 1. The van der Waals surface area contributed by atoms with Gasteiger partial charge in [0.25, 0.3) is 0 Å². The van der Waals surface area contributed by atoms with E-state index in [1.165, 1.54) is 0 Å². The standard InChI is InChI=1S/C16H25N3O5/c1-14(2,3)23-12(21)18-19(13(22)24-15(4,5)6)16(10-17)9-7-8-11(16)20/h7-9H2,1-6H3,(H,18,21)/t16-/m0/s1. The molecule has 1 aliphatic rings. The van der Waals surface area contributed by atoms with Crippen molar-refractivity contribution < 1.29 is 23.9 Å². The first kappa shape index (κ1) is 19.7. The molecule has 0 aromatic heterocycles. The molecule has 1 fully saturated rings. The largest absolute Gasteiger partial charge is 0.443 e. The molecule has 0 aliphatic heterocycles. The first-order valence-corrected chi connectivity index (χ1v) is 7.78. The van der Waals surface area contributed by atoms with Gasteiger partial charge in [0.1, 0.15) is 17.3 Å². The molecular weight excluding hydrogens is 314 g/mol. The number of hydrazine groups is 1. The van der Waals surface area contributed by atoms with Gasteiger partial charge in [0, 0.05) is 6.42 Å². The number of carbonyl (C=O) groups excluding carboxylic acids is 3. The second-order valence-electron chi connectivity index (χ2n) is 7.68. The molecule has 2 amide bonds. The quantitative estimate of drug-likeness (QED) is 0.736. The molecule has 0 saturated heterocycles. The molecule has 1 atom stereocenters. The topological polar surface area (TPSA) is 109 Å². The van der Waals surface area contributed by atoms with Gasteiger partial charge in [0.2, 0.25) is 5.54 Å². The van der Waals surface area contributed by atoms with Gasteiger partial charge in [-0.05, 0) is 54.4 Å².